The van der Waals surface area contributed by atoms with Crippen molar-refractivity contribution in [1.82, 2.24) is 15.2 Å². The summed E-state index contributed by atoms with van der Waals surface area (Å²) in [5.41, 5.74) is 0.700. The standard InChI is InChI=1S/C12H12N4O3.C7H5F3O/c1-7-3-11(16-19-7)18-10-4-9(5-13-6-10)12-15-14-8(2)17-12;8-7(9,10)11-6-4-2-1-3-5-6/h4-7H,3H2,1-2H3;1-5H. The lowest BCUT2D eigenvalue weighted by Gasteiger charge is -2.07. The molecule has 0 amide bonds. The third-order valence-corrected chi connectivity index (χ3v) is 3.50. The molecule has 11 heteroatoms. The Kier molecular flexibility index (Phi) is 6.50. The number of nitrogens with zero attached hydrogens (tertiary/aromatic N) is 4. The summed E-state index contributed by atoms with van der Waals surface area (Å²) in [6, 6.07) is 8.82. The molecule has 1 unspecified atom stereocenters. The van der Waals surface area contributed by atoms with Crippen LogP contribution >= 0.6 is 0 Å². The zero-order chi connectivity index (χ0) is 21.6. The van der Waals surface area contributed by atoms with Gasteiger partial charge >= 0.3 is 6.36 Å². The van der Waals surface area contributed by atoms with Crippen molar-refractivity contribution in [3.05, 3.63) is 54.7 Å². The van der Waals surface area contributed by atoms with Crippen LogP contribution in [0.2, 0.25) is 0 Å². The molecule has 0 aliphatic carbocycles. The first kappa shape index (κ1) is 21.1. The van der Waals surface area contributed by atoms with Crippen molar-refractivity contribution in [2.75, 3.05) is 0 Å². The summed E-state index contributed by atoms with van der Waals surface area (Å²) < 4.78 is 49.1. The number of oxime groups is 1. The van der Waals surface area contributed by atoms with Crippen molar-refractivity contribution in [2.24, 2.45) is 5.16 Å². The highest BCUT2D eigenvalue weighted by Gasteiger charge is 2.30. The number of aryl methyl sites for hydroxylation is 1. The molecule has 0 spiro atoms. The van der Waals surface area contributed by atoms with Gasteiger partial charge in [-0.15, -0.1) is 23.4 Å². The molecule has 0 saturated carbocycles. The van der Waals surface area contributed by atoms with E-state index in [0.717, 1.165) is 0 Å². The zero-order valence-corrected chi connectivity index (χ0v) is 16.0. The van der Waals surface area contributed by atoms with Crippen LogP contribution in [0.1, 0.15) is 19.2 Å². The topological polar surface area (TPSA) is 91.9 Å². The van der Waals surface area contributed by atoms with E-state index in [0.29, 0.717) is 35.4 Å². The van der Waals surface area contributed by atoms with Gasteiger partial charge in [0.15, 0.2) is 0 Å². The molecule has 158 valence electrons. The average Bonchev–Trinajstić information content (AvgIpc) is 3.30. The fourth-order valence-corrected chi connectivity index (χ4v) is 2.29. The second-order valence-corrected chi connectivity index (χ2v) is 6.10. The van der Waals surface area contributed by atoms with E-state index in [-0.39, 0.29) is 11.9 Å². The highest BCUT2D eigenvalue weighted by Crippen LogP contribution is 2.23. The van der Waals surface area contributed by atoms with E-state index in [1.807, 2.05) is 6.92 Å². The Morgan fingerprint density at radius 2 is 1.83 bits per heavy atom. The number of hydrogen-bond donors (Lipinski definition) is 0. The Morgan fingerprint density at radius 3 is 2.43 bits per heavy atom. The van der Waals surface area contributed by atoms with Gasteiger partial charge in [-0.2, -0.15) is 0 Å². The SMILES string of the molecule is Cc1nnc(-c2cncc(OC3=NOC(C)C3)c2)o1.FC(F)(F)Oc1ccccc1. The lowest BCUT2D eigenvalue weighted by atomic mass is 10.2. The Morgan fingerprint density at radius 1 is 1.07 bits per heavy atom. The van der Waals surface area contributed by atoms with Crippen LogP contribution in [0.25, 0.3) is 11.5 Å². The maximum Gasteiger partial charge on any atom is 0.573 e. The van der Waals surface area contributed by atoms with E-state index in [1.54, 1.807) is 31.5 Å². The molecule has 1 aliphatic rings. The lowest BCUT2D eigenvalue weighted by molar-refractivity contribution is -0.274. The van der Waals surface area contributed by atoms with E-state index in [9.17, 15) is 13.2 Å². The molecule has 0 saturated heterocycles. The molecule has 1 aromatic carbocycles. The van der Waals surface area contributed by atoms with Crippen LogP contribution in [0.4, 0.5) is 13.2 Å². The smallest absolute Gasteiger partial charge is 0.438 e. The van der Waals surface area contributed by atoms with Crippen LogP contribution < -0.4 is 9.47 Å². The summed E-state index contributed by atoms with van der Waals surface area (Å²) in [4.78, 5) is 9.14. The van der Waals surface area contributed by atoms with Gasteiger partial charge in [0.1, 0.15) is 17.6 Å². The summed E-state index contributed by atoms with van der Waals surface area (Å²) in [5, 5.41) is 11.5. The summed E-state index contributed by atoms with van der Waals surface area (Å²) >= 11 is 0. The molecule has 0 bridgehead atoms. The molecule has 1 atom stereocenters. The van der Waals surface area contributed by atoms with Gasteiger partial charge in [-0.05, 0) is 25.1 Å². The van der Waals surface area contributed by atoms with Crippen molar-refractivity contribution in [1.29, 1.82) is 0 Å². The highest BCUT2D eigenvalue weighted by atomic mass is 19.4. The third-order valence-electron chi connectivity index (χ3n) is 3.50. The van der Waals surface area contributed by atoms with E-state index >= 15 is 0 Å². The van der Waals surface area contributed by atoms with E-state index < -0.39 is 6.36 Å². The Labute approximate surface area is 169 Å². The molecule has 0 N–H and O–H groups in total. The molecule has 0 radical (unpaired) electrons. The average molecular weight is 422 g/mol. The molecule has 3 heterocycles. The molecular weight excluding hydrogens is 405 g/mol. The van der Waals surface area contributed by atoms with Crippen LogP contribution in [0.15, 0.2) is 58.4 Å². The van der Waals surface area contributed by atoms with Gasteiger partial charge in [-0.3, -0.25) is 4.98 Å². The third kappa shape index (κ3) is 6.47. The lowest BCUT2D eigenvalue weighted by Crippen LogP contribution is -2.16. The molecule has 8 nitrogen and oxygen atoms in total. The van der Waals surface area contributed by atoms with Gasteiger partial charge in [-0.25, -0.2) is 0 Å². The molecule has 2 aromatic heterocycles. The van der Waals surface area contributed by atoms with Gasteiger partial charge in [0, 0.05) is 13.1 Å². The summed E-state index contributed by atoms with van der Waals surface area (Å²) in [6.45, 7) is 3.66. The van der Waals surface area contributed by atoms with E-state index in [4.69, 9.17) is 14.0 Å². The fourth-order valence-electron chi connectivity index (χ4n) is 2.29. The van der Waals surface area contributed by atoms with Crippen molar-refractivity contribution in [2.45, 2.75) is 32.7 Å². The molecule has 0 fully saturated rings. The summed E-state index contributed by atoms with van der Waals surface area (Å²) in [5.74, 6) is 1.81. The molecule has 4 rings (SSSR count). The maximum absolute atomic E-state index is 11.5. The molecule has 1 aliphatic heterocycles. The first-order valence-corrected chi connectivity index (χ1v) is 8.75. The number of para-hydroxylation sites is 1. The minimum atomic E-state index is -4.60. The van der Waals surface area contributed by atoms with Crippen LogP contribution in [-0.4, -0.2) is 33.5 Å². The Hall–Kier alpha value is -3.63. The number of hydrogen-bond acceptors (Lipinski definition) is 8. The Balaban J connectivity index is 0.000000199. The molecule has 30 heavy (non-hydrogen) atoms. The fraction of sp³-hybridized carbons (Fsp3) is 0.263. The van der Waals surface area contributed by atoms with Crippen molar-refractivity contribution in [3.8, 4) is 23.0 Å². The van der Waals surface area contributed by atoms with Crippen LogP contribution in [0.5, 0.6) is 11.5 Å². The number of rotatable bonds is 3. The summed E-state index contributed by atoms with van der Waals surface area (Å²) in [7, 11) is 0. The minimum absolute atomic E-state index is 0.0460. The first-order chi connectivity index (χ1) is 14.3. The predicted octanol–water partition coefficient (Wildman–Crippen LogP) is 4.53. The maximum atomic E-state index is 11.5. The van der Waals surface area contributed by atoms with Gasteiger partial charge in [-0.1, -0.05) is 23.4 Å². The quantitative estimate of drug-likeness (QED) is 0.612. The van der Waals surface area contributed by atoms with Crippen LogP contribution in [0.3, 0.4) is 0 Å². The van der Waals surface area contributed by atoms with Crippen LogP contribution in [0, 0.1) is 6.92 Å². The molecular formula is C19H17F3N4O4. The first-order valence-electron chi connectivity index (χ1n) is 8.75. The number of aromatic nitrogens is 3. The number of alkyl halides is 3. The number of pyridine rings is 1. The Bertz CT molecular complexity index is 993. The minimum Gasteiger partial charge on any atom is -0.438 e. The van der Waals surface area contributed by atoms with E-state index in [1.165, 1.54) is 24.3 Å². The monoisotopic (exact) mass is 422 g/mol. The van der Waals surface area contributed by atoms with Gasteiger partial charge in [0.2, 0.25) is 17.7 Å². The van der Waals surface area contributed by atoms with Crippen molar-refractivity contribution >= 4 is 5.90 Å². The highest BCUT2D eigenvalue weighted by molar-refractivity contribution is 5.79. The molecule has 3 aromatic rings. The van der Waals surface area contributed by atoms with Gasteiger partial charge in [0.25, 0.3) is 0 Å². The second-order valence-electron chi connectivity index (χ2n) is 6.10. The number of ether oxygens (including phenoxy) is 2. The second kappa shape index (κ2) is 9.25. The van der Waals surface area contributed by atoms with Gasteiger partial charge < -0.3 is 18.7 Å². The number of benzene rings is 1. The largest absolute Gasteiger partial charge is 0.573 e. The summed E-state index contributed by atoms with van der Waals surface area (Å²) in [6.07, 6.45) is -0.677. The van der Waals surface area contributed by atoms with Crippen molar-refractivity contribution < 1.29 is 31.9 Å². The predicted molar refractivity (Wildman–Crippen MR) is 98.6 cm³/mol. The van der Waals surface area contributed by atoms with Crippen molar-refractivity contribution in [3.63, 3.8) is 0 Å². The van der Waals surface area contributed by atoms with E-state index in [2.05, 4.69) is 25.1 Å². The normalized spacial score (nSPS) is 15.5. The zero-order valence-electron chi connectivity index (χ0n) is 16.0. The van der Waals surface area contributed by atoms with Gasteiger partial charge in [0.05, 0.1) is 18.2 Å². The number of halogens is 3. The van der Waals surface area contributed by atoms with Crippen LogP contribution in [-0.2, 0) is 4.84 Å².